The van der Waals surface area contributed by atoms with Crippen LogP contribution in [0.25, 0.3) is 16.3 Å². The van der Waals surface area contributed by atoms with Crippen molar-refractivity contribution in [3.05, 3.63) is 59.1 Å². The molecule has 3 aromatic rings. The van der Waals surface area contributed by atoms with Gasteiger partial charge in [0.15, 0.2) is 11.5 Å². The number of thiazole rings is 1. The zero-order valence-electron chi connectivity index (χ0n) is 12.7. The van der Waals surface area contributed by atoms with Gasteiger partial charge in [-0.1, -0.05) is 12.1 Å². The minimum Gasteiger partial charge on any atom is -0.493 e. The van der Waals surface area contributed by atoms with E-state index in [9.17, 15) is 4.79 Å². The van der Waals surface area contributed by atoms with Gasteiger partial charge in [0.2, 0.25) is 0 Å². The van der Waals surface area contributed by atoms with Crippen LogP contribution in [0.15, 0.2) is 48.5 Å². The van der Waals surface area contributed by atoms with Crippen LogP contribution in [0.3, 0.4) is 0 Å². The largest absolute Gasteiger partial charge is 0.493 e. The van der Waals surface area contributed by atoms with Crippen LogP contribution in [0.4, 0.5) is 0 Å². The number of carbonyl (C=O) groups excluding carboxylic acids is 1. The minimum absolute atomic E-state index is 0.260. The van der Waals surface area contributed by atoms with Gasteiger partial charge < -0.3 is 9.47 Å². The maximum atomic E-state index is 12.0. The third-order valence-corrected chi connectivity index (χ3v) is 4.18. The SMILES string of the molecule is COc1cc(C#N)ccc1OC(=O)C=Cc1nc2ccccc2s1. The van der Waals surface area contributed by atoms with Crippen LogP contribution in [0.5, 0.6) is 11.5 Å². The van der Waals surface area contributed by atoms with Gasteiger partial charge in [-0.2, -0.15) is 5.26 Å². The molecule has 2 aromatic carbocycles. The molecule has 6 heteroatoms. The molecule has 5 nitrogen and oxygen atoms in total. The molecule has 0 aliphatic carbocycles. The highest BCUT2D eigenvalue weighted by molar-refractivity contribution is 7.19. The van der Waals surface area contributed by atoms with Gasteiger partial charge in [0.1, 0.15) is 5.01 Å². The van der Waals surface area contributed by atoms with E-state index in [2.05, 4.69) is 4.98 Å². The van der Waals surface area contributed by atoms with Crippen LogP contribution in [0, 0.1) is 11.3 Å². The van der Waals surface area contributed by atoms with E-state index in [1.807, 2.05) is 30.3 Å². The lowest BCUT2D eigenvalue weighted by Crippen LogP contribution is -2.05. The van der Waals surface area contributed by atoms with Gasteiger partial charge in [-0.25, -0.2) is 9.78 Å². The molecule has 0 N–H and O–H groups in total. The summed E-state index contributed by atoms with van der Waals surface area (Å²) in [5.41, 5.74) is 1.32. The lowest BCUT2D eigenvalue weighted by Gasteiger charge is -2.07. The zero-order valence-corrected chi connectivity index (χ0v) is 13.5. The molecule has 118 valence electrons. The molecule has 0 bridgehead atoms. The van der Waals surface area contributed by atoms with Crippen LogP contribution in [-0.4, -0.2) is 18.1 Å². The number of fused-ring (bicyclic) bond motifs is 1. The van der Waals surface area contributed by atoms with E-state index in [-0.39, 0.29) is 5.75 Å². The fourth-order valence-corrected chi connectivity index (χ4v) is 2.93. The average molecular weight is 336 g/mol. The molecule has 0 aliphatic heterocycles. The summed E-state index contributed by atoms with van der Waals surface area (Å²) in [5, 5.41) is 9.59. The third-order valence-electron chi connectivity index (χ3n) is 3.18. The molecule has 0 saturated heterocycles. The van der Waals surface area contributed by atoms with Gasteiger partial charge >= 0.3 is 5.97 Å². The summed E-state index contributed by atoms with van der Waals surface area (Å²) in [5.74, 6) is 0.0449. The molecule has 0 spiro atoms. The fourth-order valence-electron chi connectivity index (χ4n) is 2.06. The van der Waals surface area contributed by atoms with Crippen molar-refractivity contribution >= 4 is 33.6 Å². The van der Waals surface area contributed by atoms with Crippen molar-refractivity contribution in [2.75, 3.05) is 7.11 Å². The molecule has 0 radical (unpaired) electrons. The number of esters is 1. The molecule has 0 aliphatic rings. The smallest absolute Gasteiger partial charge is 0.336 e. The summed E-state index contributed by atoms with van der Waals surface area (Å²) in [6.07, 6.45) is 2.93. The maximum Gasteiger partial charge on any atom is 0.336 e. The quantitative estimate of drug-likeness (QED) is 0.412. The van der Waals surface area contributed by atoms with E-state index in [0.29, 0.717) is 11.3 Å². The first kappa shape index (κ1) is 15.7. The minimum atomic E-state index is -0.544. The van der Waals surface area contributed by atoms with Crippen LogP contribution in [0.2, 0.25) is 0 Å². The number of para-hydroxylation sites is 1. The monoisotopic (exact) mass is 336 g/mol. The zero-order chi connectivity index (χ0) is 16.9. The molecule has 3 rings (SSSR count). The second-order valence-electron chi connectivity index (χ2n) is 4.75. The molecule has 0 saturated carbocycles. The third kappa shape index (κ3) is 3.42. The van der Waals surface area contributed by atoms with Crippen molar-refractivity contribution < 1.29 is 14.3 Å². The Kier molecular flexibility index (Phi) is 4.54. The standard InChI is InChI=1S/C18H12N2O3S/c1-22-15-10-12(11-19)6-7-14(15)23-18(21)9-8-17-20-13-4-2-3-5-16(13)24-17/h2-10H,1H3. The predicted molar refractivity (Wildman–Crippen MR) is 92.0 cm³/mol. The average Bonchev–Trinajstić information content (AvgIpc) is 3.03. The Hall–Kier alpha value is -3.17. The summed E-state index contributed by atoms with van der Waals surface area (Å²) >= 11 is 1.49. The number of nitrogens with zero attached hydrogens (tertiary/aromatic N) is 2. The van der Waals surface area contributed by atoms with Crippen LogP contribution in [0.1, 0.15) is 10.6 Å². The second kappa shape index (κ2) is 6.94. The Morgan fingerprint density at radius 2 is 2.08 bits per heavy atom. The number of aromatic nitrogens is 1. The molecule has 0 unspecified atom stereocenters. The number of nitriles is 1. The van der Waals surface area contributed by atoms with E-state index in [1.54, 1.807) is 12.1 Å². The van der Waals surface area contributed by atoms with Gasteiger partial charge in [0.05, 0.1) is 29.0 Å². The van der Waals surface area contributed by atoms with Crippen molar-refractivity contribution in [3.63, 3.8) is 0 Å². The van der Waals surface area contributed by atoms with E-state index >= 15 is 0 Å². The van der Waals surface area contributed by atoms with Crippen molar-refractivity contribution in [2.45, 2.75) is 0 Å². The molecular formula is C18H12N2O3S. The first-order valence-electron chi connectivity index (χ1n) is 7.03. The van der Waals surface area contributed by atoms with E-state index in [0.717, 1.165) is 15.2 Å². The number of rotatable bonds is 4. The highest BCUT2D eigenvalue weighted by atomic mass is 32.1. The van der Waals surface area contributed by atoms with E-state index < -0.39 is 5.97 Å². The summed E-state index contributed by atoms with van der Waals surface area (Å²) in [6.45, 7) is 0. The molecule has 1 aromatic heterocycles. The summed E-state index contributed by atoms with van der Waals surface area (Å²) in [7, 11) is 1.45. The Morgan fingerprint density at radius 1 is 1.25 bits per heavy atom. The number of hydrogen-bond donors (Lipinski definition) is 0. The van der Waals surface area contributed by atoms with Crippen molar-refractivity contribution in [2.24, 2.45) is 0 Å². The van der Waals surface area contributed by atoms with E-state index in [4.69, 9.17) is 14.7 Å². The summed E-state index contributed by atoms with van der Waals surface area (Å²) < 4.78 is 11.4. The number of methoxy groups -OCH3 is 1. The lowest BCUT2D eigenvalue weighted by molar-refractivity contribution is -0.129. The topological polar surface area (TPSA) is 72.2 Å². The van der Waals surface area contributed by atoms with Crippen LogP contribution >= 0.6 is 11.3 Å². The van der Waals surface area contributed by atoms with Gasteiger partial charge in [-0.05, 0) is 30.3 Å². The first-order valence-corrected chi connectivity index (χ1v) is 7.85. The molecule has 0 atom stereocenters. The highest BCUT2D eigenvalue weighted by Crippen LogP contribution is 2.28. The summed E-state index contributed by atoms with van der Waals surface area (Å²) in [6, 6.07) is 14.4. The molecular weight excluding hydrogens is 324 g/mol. The van der Waals surface area contributed by atoms with Gasteiger partial charge in [0.25, 0.3) is 0 Å². The Balaban J connectivity index is 1.74. The molecule has 0 fully saturated rings. The van der Waals surface area contributed by atoms with Gasteiger partial charge in [-0.15, -0.1) is 11.3 Å². The molecule has 24 heavy (non-hydrogen) atoms. The Labute approximate surface area is 142 Å². The molecule has 1 heterocycles. The van der Waals surface area contributed by atoms with E-state index in [1.165, 1.54) is 36.7 Å². The van der Waals surface area contributed by atoms with Crippen LogP contribution < -0.4 is 9.47 Å². The van der Waals surface area contributed by atoms with Gasteiger partial charge in [-0.3, -0.25) is 0 Å². The lowest BCUT2D eigenvalue weighted by atomic mass is 10.2. The predicted octanol–water partition coefficient (Wildman–Crippen LogP) is 3.80. The highest BCUT2D eigenvalue weighted by Gasteiger charge is 2.09. The molecule has 0 amide bonds. The number of carbonyl (C=O) groups is 1. The van der Waals surface area contributed by atoms with Gasteiger partial charge in [0, 0.05) is 12.1 Å². The van der Waals surface area contributed by atoms with Crippen molar-refractivity contribution in [1.29, 1.82) is 5.26 Å². The van der Waals surface area contributed by atoms with Crippen LogP contribution in [-0.2, 0) is 4.79 Å². The summed E-state index contributed by atoms with van der Waals surface area (Å²) in [4.78, 5) is 16.4. The Morgan fingerprint density at radius 3 is 2.83 bits per heavy atom. The van der Waals surface area contributed by atoms with Crippen molar-refractivity contribution in [3.8, 4) is 17.6 Å². The number of hydrogen-bond acceptors (Lipinski definition) is 6. The Bertz CT molecular complexity index is 937. The fraction of sp³-hybridized carbons (Fsp3) is 0.0556. The normalized spacial score (nSPS) is 10.7. The second-order valence-corrected chi connectivity index (χ2v) is 5.81. The first-order chi connectivity index (χ1) is 11.7. The number of benzene rings is 2. The van der Waals surface area contributed by atoms with Crippen molar-refractivity contribution in [1.82, 2.24) is 4.98 Å². The number of ether oxygens (including phenoxy) is 2. The maximum absolute atomic E-state index is 12.0.